The number of ether oxygens (including phenoxy) is 3. The van der Waals surface area contributed by atoms with Gasteiger partial charge in [-0.3, -0.25) is 9.80 Å². The van der Waals surface area contributed by atoms with Crippen molar-refractivity contribution in [1.82, 2.24) is 9.80 Å². The van der Waals surface area contributed by atoms with Gasteiger partial charge in [0, 0.05) is 26.2 Å². The van der Waals surface area contributed by atoms with E-state index in [1.54, 1.807) is 7.11 Å². The Morgan fingerprint density at radius 2 is 2.04 bits per heavy atom. The minimum absolute atomic E-state index is 0.00945. The highest BCUT2D eigenvalue weighted by molar-refractivity contribution is 5.69. The van der Waals surface area contributed by atoms with E-state index in [0.29, 0.717) is 6.54 Å². The van der Waals surface area contributed by atoms with Crippen LogP contribution in [0.4, 0.5) is 4.79 Å². The highest BCUT2D eigenvalue weighted by atomic mass is 16.5. The van der Waals surface area contributed by atoms with Crippen molar-refractivity contribution in [2.24, 2.45) is 0 Å². The molecule has 1 fully saturated rings. The fourth-order valence-corrected chi connectivity index (χ4v) is 3.38. The van der Waals surface area contributed by atoms with Crippen LogP contribution < -0.4 is 4.74 Å². The lowest BCUT2D eigenvalue weighted by atomic mass is 9.92. The molecule has 2 heterocycles. The molecule has 0 bridgehead atoms. The molecule has 0 spiro atoms. The number of benzene rings is 1. The Hall–Kier alpha value is -1.79. The van der Waals surface area contributed by atoms with Gasteiger partial charge >= 0.3 is 6.09 Å². The Morgan fingerprint density at radius 1 is 1.26 bits per heavy atom. The molecule has 1 unspecified atom stereocenters. The van der Waals surface area contributed by atoms with E-state index in [1.165, 1.54) is 18.2 Å². The van der Waals surface area contributed by atoms with Crippen LogP contribution in [0.25, 0.3) is 0 Å². The summed E-state index contributed by atoms with van der Waals surface area (Å²) in [4.78, 5) is 16.4. The number of rotatable bonds is 3. The van der Waals surface area contributed by atoms with Crippen molar-refractivity contribution < 1.29 is 19.0 Å². The van der Waals surface area contributed by atoms with Gasteiger partial charge < -0.3 is 14.2 Å². The smallest absolute Gasteiger partial charge is 0.410 e. The average molecular weight is 320 g/mol. The molecule has 1 aromatic rings. The first-order chi connectivity index (χ1) is 11.2. The van der Waals surface area contributed by atoms with Crippen LogP contribution in [0.1, 0.15) is 17.2 Å². The largest absolute Gasteiger partial charge is 0.497 e. The van der Waals surface area contributed by atoms with E-state index in [-0.39, 0.29) is 12.1 Å². The van der Waals surface area contributed by atoms with Crippen LogP contribution in [0, 0.1) is 0 Å². The van der Waals surface area contributed by atoms with Gasteiger partial charge in [-0.1, -0.05) is 6.07 Å². The molecule has 0 N–H and O–H groups in total. The quantitative estimate of drug-likeness (QED) is 0.848. The van der Waals surface area contributed by atoms with E-state index in [0.717, 1.165) is 45.0 Å². The number of morpholine rings is 1. The van der Waals surface area contributed by atoms with Crippen LogP contribution >= 0.6 is 0 Å². The molecular weight excluding hydrogens is 296 g/mol. The molecule has 0 radical (unpaired) electrons. The van der Waals surface area contributed by atoms with Crippen molar-refractivity contribution in [3.8, 4) is 5.75 Å². The van der Waals surface area contributed by atoms with Gasteiger partial charge in [0.2, 0.25) is 0 Å². The number of hydrogen-bond acceptors (Lipinski definition) is 5. The fourth-order valence-electron chi connectivity index (χ4n) is 3.38. The molecule has 2 aliphatic heterocycles. The van der Waals surface area contributed by atoms with Crippen LogP contribution in [0.3, 0.4) is 0 Å². The third kappa shape index (κ3) is 3.43. The third-order valence-electron chi connectivity index (χ3n) is 4.65. The summed E-state index contributed by atoms with van der Waals surface area (Å²) in [7, 11) is 3.12. The summed E-state index contributed by atoms with van der Waals surface area (Å²) in [6.45, 7) is 4.77. The first-order valence-corrected chi connectivity index (χ1v) is 8.04. The molecule has 2 aliphatic rings. The van der Waals surface area contributed by atoms with Crippen molar-refractivity contribution in [1.29, 1.82) is 0 Å². The maximum absolute atomic E-state index is 12.2. The minimum Gasteiger partial charge on any atom is -0.497 e. The lowest BCUT2D eigenvalue weighted by molar-refractivity contribution is 0.0203. The van der Waals surface area contributed by atoms with E-state index in [1.807, 2.05) is 11.0 Å². The predicted octanol–water partition coefficient (Wildman–Crippen LogP) is 1.69. The lowest BCUT2D eigenvalue weighted by Crippen LogP contribution is -2.47. The Labute approximate surface area is 136 Å². The number of fused-ring (bicyclic) bond motifs is 1. The number of carbonyl (C=O) groups excluding carboxylic acids is 1. The van der Waals surface area contributed by atoms with E-state index in [4.69, 9.17) is 14.2 Å². The molecule has 126 valence electrons. The monoisotopic (exact) mass is 320 g/mol. The van der Waals surface area contributed by atoms with E-state index in [2.05, 4.69) is 17.0 Å². The molecule has 3 rings (SSSR count). The summed E-state index contributed by atoms with van der Waals surface area (Å²) in [5.74, 6) is 0.861. The molecule has 0 aromatic heterocycles. The number of methoxy groups -OCH3 is 2. The van der Waals surface area contributed by atoms with Gasteiger partial charge in [-0.25, -0.2) is 4.79 Å². The van der Waals surface area contributed by atoms with Crippen molar-refractivity contribution in [2.75, 3.05) is 53.6 Å². The van der Waals surface area contributed by atoms with Crippen LogP contribution in [-0.4, -0.2) is 69.5 Å². The Balaban J connectivity index is 1.87. The minimum atomic E-state index is -0.260. The number of carbonyl (C=O) groups is 1. The molecular formula is C17H24N2O4. The predicted molar refractivity (Wildman–Crippen MR) is 85.8 cm³/mol. The number of hydrogen-bond donors (Lipinski definition) is 0. The van der Waals surface area contributed by atoms with Gasteiger partial charge in [0.15, 0.2) is 0 Å². The second kappa shape index (κ2) is 7.19. The van der Waals surface area contributed by atoms with Crippen LogP contribution in [-0.2, 0) is 15.9 Å². The van der Waals surface area contributed by atoms with Gasteiger partial charge in [-0.05, 0) is 29.7 Å². The van der Waals surface area contributed by atoms with Gasteiger partial charge in [0.25, 0.3) is 0 Å². The zero-order valence-electron chi connectivity index (χ0n) is 13.8. The lowest BCUT2D eigenvalue weighted by Gasteiger charge is -2.40. The van der Waals surface area contributed by atoms with Crippen LogP contribution in [0.15, 0.2) is 18.2 Å². The maximum Gasteiger partial charge on any atom is 0.410 e. The average Bonchev–Trinajstić information content (AvgIpc) is 2.61. The van der Waals surface area contributed by atoms with E-state index in [9.17, 15) is 4.79 Å². The molecule has 0 saturated carbocycles. The molecule has 1 aromatic carbocycles. The molecule has 1 saturated heterocycles. The normalized spacial score (nSPS) is 21.7. The third-order valence-corrected chi connectivity index (χ3v) is 4.65. The summed E-state index contributed by atoms with van der Waals surface area (Å²) in [6, 6.07) is 6.13. The second-order valence-corrected chi connectivity index (χ2v) is 5.91. The fraction of sp³-hybridized carbons (Fsp3) is 0.588. The maximum atomic E-state index is 12.2. The van der Waals surface area contributed by atoms with Crippen LogP contribution in [0.2, 0.25) is 0 Å². The van der Waals surface area contributed by atoms with Gasteiger partial charge in [-0.2, -0.15) is 0 Å². The highest BCUT2D eigenvalue weighted by Gasteiger charge is 2.33. The van der Waals surface area contributed by atoms with E-state index < -0.39 is 0 Å². The standard InChI is InChI=1S/C17H24N2O4/c1-21-14-3-4-15-13(11-14)5-6-19(17(20)22-2)16(15)12-18-7-9-23-10-8-18/h3-4,11,16H,5-10,12H2,1-2H3. The first-order valence-electron chi connectivity index (χ1n) is 8.04. The van der Waals surface area contributed by atoms with Gasteiger partial charge in [0.05, 0.1) is 33.5 Å². The Morgan fingerprint density at radius 3 is 2.74 bits per heavy atom. The van der Waals surface area contributed by atoms with Gasteiger partial charge in [0.1, 0.15) is 5.75 Å². The molecule has 23 heavy (non-hydrogen) atoms. The topological polar surface area (TPSA) is 51.2 Å². The molecule has 0 aliphatic carbocycles. The summed E-state index contributed by atoms with van der Waals surface area (Å²) < 4.78 is 15.7. The summed E-state index contributed by atoms with van der Waals surface area (Å²) in [5.41, 5.74) is 2.44. The summed E-state index contributed by atoms with van der Waals surface area (Å²) >= 11 is 0. The van der Waals surface area contributed by atoms with Crippen molar-refractivity contribution >= 4 is 6.09 Å². The molecule has 1 atom stereocenters. The number of amides is 1. The second-order valence-electron chi connectivity index (χ2n) is 5.91. The first kappa shape index (κ1) is 16.1. The highest BCUT2D eigenvalue weighted by Crippen LogP contribution is 2.33. The molecule has 6 heteroatoms. The Bertz CT molecular complexity index is 558. The van der Waals surface area contributed by atoms with Gasteiger partial charge in [-0.15, -0.1) is 0 Å². The molecule has 1 amide bonds. The van der Waals surface area contributed by atoms with Crippen molar-refractivity contribution in [3.05, 3.63) is 29.3 Å². The van der Waals surface area contributed by atoms with Crippen LogP contribution in [0.5, 0.6) is 5.75 Å². The summed E-state index contributed by atoms with van der Waals surface area (Å²) in [6.07, 6.45) is 0.561. The zero-order chi connectivity index (χ0) is 16.2. The summed E-state index contributed by atoms with van der Waals surface area (Å²) in [5, 5.41) is 0. The van der Waals surface area contributed by atoms with Crippen molar-refractivity contribution in [2.45, 2.75) is 12.5 Å². The SMILES string of the molecule is COC(=O)N1CCc2cc(OC)ccc2C1CN1CCOCC1. The zero-order valence-corrected chi connectivity index (χ0v) is 13.8. The Kier molecular flexibility index (Phi) is 5.03. The number of nitrogens with zero attached hydrogens (tertiary/aromatic N) is 2. The van der Waals surface area contributed by atoms with Crippen molar-refractivity contribution in [3.63, 3.8) is 0 Å². The van der Waals surface area contributed by atoms with E-state index >= 15 is 0 Å². The molecule has 6 nitrogen and oxygen atoms in total.